The summed E-state index contributed by atoms with van der Waals surface area (Å²) in [5, 5.41) is 0.456. The smallest absolute Gasteiger partial charge is 0.161 e. The lowest BCUT2D eigenvalue weighted by Crippen LogP contribution is -2.16. The number of hydrogen-bond acceptors (Lipinski definition) is 2. The second kappa shape index (κ2) is 6.05. The van der Waals surface area contributed by atoms with Crippen molar-refractivity contribution >= 4 is 27.5 Å². The van der Waals surface area contributed by atoms with Crippen LogP contribution in [0.4, 0.5) is 0 Å². The molecule has 2 rings (SSSR count). The Morgan fingerprint density at radius 2 is 1.62 bits per heavy atom. The normalized spacial score (nSPS) is 12.0. The highest BCUT2D eigenvalue weighted by molar-refractivity contribution is 9.10. The fourth-order valence-corrected chi connectivity index (χ4v) is 3.00. The molecule has 4 heteroatoms. The van der Waals surface area contributed by atoms with E-state index >= 15 is 0 Å². The molecule has 2 aromatic rings. The maximum Gasteiger partial charge on any atom is 0.161 e. The van der Waals surface area contributed by atoms with Crippen LogP contribution < -0.4 is 0 Å². The van der Waals surface area contributed by atoms with Gasteiger partial charge < -0.3 is 0 Å². The van der Waals surface area contributed by atoms with Crippen molar-refractivity contribution in [3.63, 3.8) is 0 Å². The van der Waals surface area contributed by atoms with Crippen LogP contribution in [0.5, 0.6) is 0 Å². The minimum Gasteiger partial charge on any atom is -0.231 e. The van der Waals surface area contributed by atoms with Crippen molar-refractivity contribution in [3.8, 4) is 11.4 Å². The fraction of sp³-hybridized carbons (Fsp3) is 0.412. The molecule has 0 saturated carbocycles. The van der Waals surface area contributed by atoms with Gasteiger partial charge in [0.1, 0.15) is 5.15 Å². The maximum atomic E-state index is 6.26. The number of hydrogen-bond donors (Lipinski definition) is 0. The Morgan fingerprint density at radius 3 is 2.10 bits per heavy atom. The van der Waals surface area contributed by atoms with E-state index in [9.17, 15) is 0 Å². The summed E-state index contributed by atoms with van der Waals surface area (Å²) >= 11 is 9.76. The Balaban J connectivity index is 2.52. The minimum absolute atomic E-state index is 0.0992. The Kier molecular flexibility index (Phi) is 4.74. The Hall–Kier alpha value is -0.930. The van der Waals surface area contributed by atoms with Gasteiger partial charge in [0.05, 0.1) is 10.2 Å². The molecule has 0 atom stereocenters. The van der Waals surface area contributed by atoms with Gasteiger partial charge in [-0.3, -0.25) is 0 Å². The Morgan fingerprint density at radius 1 is 1.05 bits per heavy atom. The summed E-state index contributed by atoms with van der Waals surface area (Å²) in [6.07, 6.45) is 0. The molecule has 1 heterocycles. The summed E-state index contributed by atoms with van der Waals surface area (Å²) in [4.78, 5) is 9.11. The van der Waals surface area contributed by atoms with Crippen LogP contribution in [0.3, 0.4) is 0 Å². The number of benzene rings is 1. The van der Waals surface area contributed by atoms with Crippen LogP contribution >= 0.6 is 27.5 Å². The van der Waals surface area contributed by atoms with Gasteiger partial charge in [-0.1, -0.05) is 70.5 Å². The molecule has 0 amide bonds. The summed E-state index contributed by atoms with van der Waals surface area (Å²) in [7, 11) is 0. The van der Waals surface area contributed by atoms with Crippen LogP contribution in [0.15, 0.2) is 28.7 Å². The predicted octanol–water partition coefficient (Wildman–Crippen LogP) is 5.98. The van der Waals surface area contributed by atoms with E-state index in [0.29, 0.717) is 16.9 Å². The van der Waals surface area contributed by atoms with E-state index in [4.69, 9.17) is 16.6 Å². The van der Waals surface area contributed by atoms with Crippen LogP contribution in [0.25, 0.3) is 11.4 Å². The second-order valence-electron chi connectivity index (χ2n) is 6.53. The summed E-state index contributed by atoms with van der Waals surface area (Å²) in [5.41, 5.74) is 3.11. The monoisotopic (exact) mass is 366 g/mol. The third kappa shape index (κ3) is 3.64. The largest absolute Gasteiger partial charge is 0.231 e. The Labute approximate surface area is 140 Å². The van der Waals surface area contributed by atoms with Crippen molar-refractivity contribution in [2.24, 2.45) is 0 Å². The van der Waals surface area contributed by atoms with E-state index in [2.05, 4.69) is 79.8 Å². The molecule has 0 spiro atoms. The van der Waals surface area contributed by atoms with Gasteiger partial charge in [-0.2, -0.15) is 0 Å². The van der Waals surface area contributed by atoms with E-state index in [-0.39, 0.29) is 5.41 Å². The molecule has 0 radical (unpaired) electrons. The van der Waals surface area contributed by atoms with Crippen molar-refractivity contribution in [1.82, 2.24) is 9.97 Å². The number of halogens is 2. The average Bonchev–Trinajstić information content (AvgIpc) is 2.40. The maximum absolute atomic E-state index is 6.26. The summed E-state index contributed by atoms with van der Waals surface area (Å²) < 4.78 is 0.777. The van der Waals surface area contributed by atoms with E-state index in [0.717, 1.165) is 15.7 Å². The topological polar surface area (TPSA) is 25.8 Å². The first kappa shape index (κ1) is 16.4. The van der Waals surface area contributed by atoms with Crippen LogP contribution in [0.1, 0.15) is 51.8 Å². The van der Waals surface area contributed by atoms with E-state index in [1.165, 1.54) is 5.56 Å². The van der Waals surface area contributed by atoms with Gasteiger partial charge in [-0.15, -0.1) is 0 Å². The Bertz CT molecular complexity index is 643. The zero-order chi connectivity index (χ0) is 15.8. The van der Waals surface area contributed by atoms with Gasteiger partial charge in [0, 0.05) is 11.0 Å². The standard InChI is InChI=1S/C17H20BrClN2/c1-10(2)11-6-8-12(9-7-11)16-20-14(17(3,4)5)13(18)15(19)21-16/h6-10H,1-5H3. The van der Waals surface area contributed by atoms with Crippen molar-refractivity contribution in [2.45, 2.75) is 46.0 Å². The molecular weight excluding hydrogens is 348 g/mol. The van der Waals surface area contributed by atoms with Gasteiger partial charge in [0.15, 0.2) is 5.82 Å². The molecule has 0 bridgehead atoms. The zero-order valence-electron chi connectivity index (χ0n) is 13.0. The molecular formula is C17H20BrClN2. The molecule has 0 N–H and O–H groups in total. The first-order valence-corrected chi connectivity index (χ1v) is 8.21. The summed E-state index contributed by atoms with van der Waals surface area (Å²) in [6, 6.07) is 8.36. The molecule has 0 saturated heterocycles. The number of aromatic nitrogens is 2. The van der Waals surface area contributed by atoms with Crippen molar-refractivity contribution in [3.05, 3.63) is 45.1 Å². The lowest BCUT2D eigenvalue weighted by molar-refractivity contribution is 0.564. The predicted molar refractivity (Wildman–Crippen MR) is 93.0 cm³/mol. The van der Waals surface area contributed by atoms with Crippen LogP contribution in [0, 0.1) is 0 Å². The molecule has 1 aromatic heterocycles. The number of nitrogens with zero attached hydrogens (tertiary/aromatic N) is 2. The molecule has 112 valence electrons. The van der Waals surface area contributed by atoms with E-state index < -0.39 is 0 Å². The van der Waals surface area contributed by atoms with Crippen LogP contribution in [0.2, 0.25) is 5.15 Å². The molecule has 2 nitrogen and oxygen atoms in total. The summed E-state index contributed by atoms with van der Waals surface area (Å²) in [6.45, 7) is 10.7. The minimum atomic E-state index is -0.0992. The van der Waals surface area contributed by atoms with Crippen molar-refractivity contribution in [2.75, 3.05) is 0 Å². The molecule has 0 fully saturated rings. The van der Waals surface area contributed by atoms with Gasteiger partial charge >= 0.3 is 0 Å². The molecule has 0 aliphatic carbocycles. The first-order chi connectivity index (χ1) is 9.70. The second-order valence-corrected chi connectivity index (χ2v) is 7.68. The van der Waals surface area contributed by atoms with Gasteiger partial charge in [-0.05, 0) is 27.4 Å². The number of rotatable bonds is 2. The zero-order valence-corrected chi connectivity index (χ0v) is 15.4. The fourth-order valence-electron chi connectivity index (χ4n) is 2.06. The van der Waals surface area contributed by atoms with Crippen LogP contribution in [-0.4, -0.2) is 9.97 Å². The molecule has 1 aromatic carbocycles. The molecule has 0 aliphatic rings. The van der Waals surface area contributed by atoms with Crippen molar-refractivity contribution < 1.29 is 0 Å². The highest BCUT2D eigenvalue weighted by atomic mass is 79.9. The lowest BCUT2D eigenvalue weighted by Gasteiger charge is -2.20. The molecule has 0 aliphatic heterocycles. The SMILES string of the molecule is CC(C)c1ccc(-c2nc(Cl)c(Br)c(C(C)(C)C)n2)cc1. The van der Waals surface area contributed by atoms with E-state index in [1.807, 2.05) is 0 Å². The third-order valence-electron chi connectivity index (χ3n) is 3.36. The highest BCUT2D eigenvalue weighted by Gasteiger charge is 2.23. The highest BCUT2D eigenvalue weighted by Crippen LogP contribution is 2.34. The average molecular weight is 368 g/mol. The quantitative estimate of drug-likeness (QED) is 0.610. The van der Waals surface area contributed by atoms with E-state index in [1.54, 1.807) is 0 Å². The molecule has 0 unspecified atom stereocenters. The first-order valence-electron chi connectivity index (χ1n) is 7.04. The third-order valence-corrected chi connectivity index (χ3v) is 4.61. The van der Waals surface area contributed by atoms with Gasteiger partial charge in [-0.25, -0.2) is 9.97 Å². The molecule has 21 heavy (non-hydrogen) atoms. The summed E-state index contributed by atoms with van der Waals surface area (Å²) in [5.74, 6) is 1.18. The lowest BCUT2D eigenvalue weighted by atomic mass is 9.92. The van der Waals surface area contributed by atoms with Crippen LogP contribution in [-0.2, 0) is 5.41 Å². The van der Waals surface area contributed by atoms with Gasteiger partial charge in [0.2, 0.25) is 0 Å². The van der Waals surface area contributed by atoms with Gasteiger partial charge in [0.25, 0.3) is 0 Å². The van der Waals surface area contributed by atoms with Crippen molar-refractivity contribution in [1.29, 1.82) is 0 Å².